The van der Waals surface area contributed by atoms with E-state index in [1.165, 1.54) is 64.2 Å². The lowest BCUT2D eigenvalue weighted by Gasteiger charge is -2.53. The third kappa shape index (κ3) is 4.09. The quantitative estimate of drug-likeness (QED) is 0.304. The van der Waals surface area contributed by atoms with Crippen LogP contribution in [0.1, 0.15) is 64.2 Å². The molecule has 8 fully saturated rings. The van der Waals surface area contributed by atoms with Crippen molar-refractivity contribution in [3.63, 3.8) is 0 Å². The van der Waals surface area contributed by atoms with Crippen LogP contribution in [0.15, 0.2) is 48.7 Å². The second-order valence-corrected chi connectivity index (χ2v) is 14.9. The van der Waals surface area contributed by atoms with Crippen LogP contribution in [0.5, 0.6) is 0 Å². The molecule has 212 valence electrons. The number of carbonyl (C=O) groups is 2. The van der Waals surface area contributed by atoms with Crippen LogP contribution < -0.4 is 10.6 Å². The number of aromatic amines is 1. The summed E-state index contributed by atoms with van der Waals surface area (Å²) in [6.07, 6.45) is 14.9. The highest BCUT2D eigenvalue weighted by molar-refractivity contribution is 6.01. The Morgan fingerprint density at radius 1 is 0.585 bits per heavy atom. The van der Waals surface area contributed by atoms with Crippen LogP contribution in [0.4, 0.5) is 11.4 Å². The zero-order valence-electron chi connectivity index (χ0n) is 23.8. The fraction of sp³-hybridized carbons (Fsp3) is 0.556. The van der Waals surface area contributed by atoms with E-state index in [1.54, 1.807) is 0 Å². The molecular weight excluding hydrogens is 506 g/mol. The van der Waals surface area contributed by atoms with Gasteiger partial charge in [-0.3, -0.25) is 9.59 Å². The fourth-order valence-electron chi connectivity index (χ4n) is 11.3. The number of anilines is 2. The lowest BCUT2D eigenvalue weighted by Crippen LogP contribution is -2.49. The molecule has 2 aromatic carbocycles. The number of H-pyrrole nitrogens is 1. The molecule has 0 aliphatic heterocycles. The van der Waals surface area contributed by atoms with Crippen LogP contribution in [-0.2, 0) is 9.59 Å². The lowest BCUT2D eigenvalue weighted by atomic mass is 9.51. The SMILES string of the molecule is O=C(Nc1ccc(-c2c[nH]c3ccc(NC(=O)C4C5CC6CC(C5)CC4C6)cc23)cc1)C1C2CC3CC(C2)CC1C3. The fourth-order valence-corrected chi connectivity index (χ4v) is 11.3. The molecule has 3 N–H and O–H groups in total. The molecule has 1 aromatic heterocycles. The van der Waals surface area contributed by atoms with E-state index in [-0.39, 0.29) is 23.7 Å². The van der Waals surface area contributed by atoms with Crippen molar-refractivity contribution in [3.8, 4) is 11.1 Å². The van der Waals surface area contributed by atoms with Gasteiger partial charge < -0.3 is 15.6 Å². The molecule has 8 bridgehead atoms. The lowest BCUT2D eigenvalue weighted by molar-refractivity contribution is -0.133. The molecule has 5 heteroatoms. The van der Waals surface area contributed by atoms with Gasteiger partial charge in [0.05, 0.1) is 0 Å². The van der Waals surface area contributed by atoms with Gasteiger partial charge in [0.2, 0.25) is 11.8 Å². The van der Waals surface area contributed by atoms with Crippen molar-refractivity contribution in [1.29, 1.82) is 0 Å². The second-order valence-electron chi connectivity index (χ2n) is 14.9. The van der Waals surface area contributed by atoms with Crippen molar-refractivity contribution < 1.29 is 9.59 Å². The van der Waals surface area contributed by atoms with Gasteiger partial charge in [-0.05, 0) is 147 Å². The number of carbonyl (C=O) groups excluding carboxylic acids is 2. The minimum absolute atomic E-state index is 0.186. The average molecular weight is 548 g/mol. The van der Waals surface area contributed by atoms with Gasteiger partial charge in [0, 0.05) is 45.9 Å². The zero-order valence-corrected chi connectivity index (χ0v) is 23.8. The molecule has 0 saturated heterocycles. The number of hydrogen-bond donors (Lipinski definition) is 3. The van der Waals surface area contributed by atoms with Crippen LogP contribution in [0, 0.1) is 59.2 Å². The van der Waals surface area contributed by atoms with Crippen molar-refractivity contribution in [3.05, 3.63) is 48.7 Å². The van der Waals surface area contributed by atoms with Gasteiger partial charge in [-0.1, -0.05) is 12.1 Å². The average Bonchev–Trinajstić information content (AvgIpc) is 3.36. The molecule has 41 heavy (non-hydrogen) atoms. The number of aromatic nitrogens is 1. The summed E-state index contributed by atoms with van der Waals surface area (Å²) >= 11 is 0. The van der Waals surface area contributed by atoms with Crippen molar-refractivity contribution in [2.45, 2.75) is 64.2 Å². The largest absolute Gasteiger partial charge is 0.361 e. The maximum Gasteiger partial charge on any atom is 0.228 e. The monoisotopic (exact) mass is 547 g/mol. The summed E-state index contributed by atoms with van der Waals surface area (Å²) in [6, 6.07) is 14.5. The predicted octanol–water partition coefficient (Wildman–Crippen LogP) is 7.86. The highest BCUT2D eigenvalue weighted by Gasteiger charge is 2.52. The summed E-state index contributed by atoms with van der Waals surface area (Å²) in [5.41, 5.74) is 5.05. The topological polar surface area (TPSA) is 74.0 Å². The van der Waals surface area contributed by atoms with Crippen LogP contribution in [0.25, 0.3) is 22.0 Å². The second kappa shape index (κ2) is 9.21. The minimum atomic E-state index is 0.186. The van der Waals surface area contributed by atoms with Gasteiger partial charge in [-0.2, -0.15) is 0 Å². The maximum absolute atomic E-state index is 13.5. The summed E-state index contributed by atoms with van der Waals surface area (Å²) in [6.45, 7) is 0. The number of benzene rings is 2. The Bertz CT molecular complexity index is 1460. The molecule has 2 amide bonds. The Morgan fingerprint density at radius 2 is 1.05 bits per heavy atom. The number of amides is 2. The summed E-state index contributed by atoms with van der Waals surface area (Å²) < 4.78 is 0. The summed E-state index contributed by atoms with van der Waals surface area (Å²) in [5.74, 6) is 6.70. The van der Waals surface area contributed by atoms with Gasteiger partial charge in [0.25, 0.3) is 0 Å². The number of fused-ring (bicyclic) bond motifs is 1. The van der Waals surface area contributed by atoms with Crippen LogP contribution in [-0.4, -0.2) is 16.8 Å². The zero-order chi connectivity index (χ0) is 27.2. The first-order chi connectivity index (χ1) is 20.0. The van der Waals surface area contributed by atoms with Crippen LogP contribution in [0.3, 0.4) is 0 Å². The maximum atomic E-state index is 13.5. The molecule has 1 heterocycles. The highest BCUT2D eigenvalue weighted by atomic mass is 16.2. The molecule has 8 aliphatic rings. The molecule has 5 nitrogen and oxygen atoms in total. The Morgan fingerprint density at radius 3 is 1.56 bits per heavy atom. The molecule has 0 unspecified atom stereocenters. The van der Waals surface area contributed by atoms with E-state index in [2.05, 4.69) is 46.1 Å². The third-order valence-corrected chi connectivity index (χ3v) is 12.5. The first kappa shape index (κ1) is 24.5. The van der Waals surface area contributed by atoms with Gasteiger partial charge in [0.15, 0.2) is 0 Å². The highest BCUT2D eigenvalue weighted by Crippen LogP contribution is 2.58. The molecule has 11 rings (SSSR count). The summed E-state index contributed by atoms with van der Waals surface area (Å²) in [4.78, 5) is 30.3. The molecule has 8 aliphatic carbocycles. The standard InChI is InChI=1S/C36H41N3O2/c40-35(33-24-9-19-7-20(11-24)12-25(33)10-19)38-28-3-1-23(2-4-28)31-18-37-32-6-5-29(17-30(31)32)39-36(41)34-26-13-21-8-22(15-26)16-27(34)14-21/h1-6,17-22,24-27,33-34,37H,7-16H2,(H,38,40)(H,39,41). The van der Waals surface area contributed by atoms with Crippen LogP contribution >= 0.6 is 0 Å². The van der Waals surface area contributed by atoms with Crippen molar-refractivity contribution in [2.75, 3.05) is 10.6 Å². The molecule has 8 saturated carbocycles. The van der Waals surface area contributed by atoms with E-state index in [1.807, 2.05) is 18.2 Å². The Labute approximate surface area is 242 Å². The van der Waals surface area contributed by atoms with E-state index in [0.29, 0.717) is 23.7 Å². The van der Waals surface area contributed by atoms with Gasteiger partial charge in [-0.15, -0.1) is 0 Å². The first-order valence-electron chi connectivity index (χ1n) is 16.4. The van der Waals surface area contributed by atoms with Crippen LogP contribution in [0.2, 0.25) is 0 Å². The molecule has 0 radical (unpaired) electrons. The number of nitrogens with one attached hydrogen (secondary N) is 3. The van der Waals surface area contributed by atoms with Crippen molar-refractivity contribution in [1.82, 2.24) is 4.98 Å². The van der Waals surface area contributed by atoms with Crippen molar-refractivity contribution in [2.24, 2.45) is 59.2 Å². The van der Waals surface area contributed by atoms with Gasteiger partial charge in [-0.25, -0.2) is 0 Å². The molecule has 0 spiro atoms. The van der Waals surface area contributed by atoms with E-state index < -0.39 is 0 Å². The number of rotatable bonds is 5. The Hall–Kier alpha value is -3.08. The Balaban J connectivity index is 0.907. The summed E-state index contributed by atoms with van der Waals surface area (Å²) in [5, 5.41) is 7.69. The molecule has 0 atom stereocenters. The normalized spacial score (nSPS) is 38.0. The van der Waals surface area contributed by atoms with E-state index in [9.17, 15) is 9.59 Å². The smallest absolute Gasteiger partial charge is 0.228 e. The van der Waals surface area contributed by atoms with Gasteiger partial charge >= 0.3 is 0 Å². The Kier molecular flexibility index (Phi) is 5.51. The molecule has 3 aromatic rings. The van der Waals surface area contributed by atoms with Gasteiger partial charge in [0.1, 0.15) is 0 Å². The predicted molar refractivity (Wildman–Crippen MR) is 162 cm³/mol. The number of hydrogen-bond acceptors (Lipinski definition) is 2. The minimum Gasteiger partial charge on any atom is -0.361 e. The van der Waals surface area contributed by atoms with Crippen molar-refractivity contribution >= 4 is 34.1 Å². The molecular formula is C36H41N3O2. The first-order valence-corrected chi connectivity index (χ1v) is 16.4. The summed E-state index contributed by atoms with van der Waals surface area (Å²) in [7, 11) is 0. The third-order valence-electron chi connectivity index (χ3n) is 12.5. The van der Waals surface area contributed by atoms with E-state index in [0.717, 1.165) is 57.1 Å². The van der Waals surface area contributed by atoms with E-state index >= 15 is 0 Å². The van der Waals surface area contributed by atoms with E-state index in [4.69, 9.17) is 0 Å².